The molecule has 0 bridgehead atoms. The van der Waals surface area contributed by atoms with Crippen LogP contribution in [0.25, 0.3) is 10.6 Å². The fourth-order valence-corrected chi connectivity index (χ4v) is 3.80. The molecule has 1 aromatic carbocycles. The first-order valence-corrected chi connectivity index (χ1v) is 9.25. The first kappa shape index (κ1) is 16.7. The number of pyridine rings is 1. The highest BCUT2D eigenvalue weighted by molar-refractivity contribution is 7.13. The Kier molecular flexibility index (Phi) is 4.62. The number of para-hydroxylation sites is 1. The van der Waals surface area contributed by atoms with Gasteiger partial charge in [0.05, 0.1) is 5.69 Å². The van der Waals surface area contributed by atoms with Crippen LogP contribution < -0.4 is 4.90 Å². The smallest absolute Gasteiger partial charge is 0.273 e. The number of nitrogens with zero attached hydrogens (tertiary/aromatic N) is 4. The van der Waals surface area contributed by atoms with Crippen LogP contribution >= 0.6 is 11.3 Å². The Balaban J connectivity index is 1.43. The highest BCUT2D eigenvalue weighted by atomic mass is 32.1. The minimum Gasteiger partial charge on any atom is -0.366 e. The van der Waals surface area contributed by atoms with Crippen molar-refractivity contribution in [2.75, 3.05) is 31.1 Å². The topological polar surface area (TPSA) is 49.3 Å². The van der Waals surface area contributed by atoms with Gasteiger partial charge in [-0.2, -0.15) is 0 Å². The lowest BCUT2D eigenvalue weighted by molar-refractivity contribution is 0.0741. The summed E-state index contributed by atoms with van der Waals surface area (Å²) in [4.78, 5) is 25.0. The summed E-state index contributed by atoms with van der Waals surface area (Å²) in [6, 6.07) is 10.5. The molecule has 0 spiro atoms. The molecule has 2 aromatic heterocycles. The number of hydrogen-bond acceptors (Lipinski definition) is 5. The van der Waals surface area contributed by atoms with Gasteiger partial charge in [0, 0.05) is 49.5 Å². The van der Waals surface area contributed by atoms with Crippen LogP contribution in [0.3, 0.4) is 0 Å². The van der Waals surface area contributed by atoms with E-state index in [0.29, 0.717) is 37.6 Å². The minimum absolute atomic E-state index is 0.0791. The largest absolute Gasteiger partial charge is 0.366 e. The number of halogens is 1. The molecule has 1 saturated heterocycles. The van der Waals surface area contributed by atoms with E-state index in [2.05, 4.69) is 9.97 Å². The molecule has 4 rings (SSSR count). The Labute approximate surface area is 154 Å². The molecule has 26 heavy (non-hydrogen) atoms. The average Bonchev–Trinajstić information content (AvgIpc) is 3.19. The molecule has 7 heteroatoms. The molecule has 0 N–H and O–H groups in total. The van der Waals surface area contributed by atoms with Crippen molar-refractivity contribution in [1.82, 2.24) is 14.9 Å². The van der Waals surface area contributed by atoms with E-state index in [1.165, 1.54) is 17.4 Å². The van der Waals surface area contributed by atoms with Gasteiger partial charge < -0.3 is 9.80 Å². The molecule has 0 aliphatic carbocycles. The third-order valence-electron chi connectivity index (χ3n) is 4.39. The predicted octanol–water partition coefficient (Wildman–Crippen LogP) is 3.31. The van der Waals surface area contributed by atoms with Crippen LogP contribution in [-0.4, -0.2) is 47.0 Å². The quantitative estimate of drug-likeness (QED) is 0.712. The van der Waals surface area contributed by atoms with Crippen LogP contribution in [0.15, 0.2) is 54.2 Å². The third kappa shape index (κ3) is 3.30. The predicted molar refractivity (Wildman–Crippen MR) is 99.9 cm³/mol. The van der Waals surface area contributed by atoms with E-state index in [-0.39, 0.29) is 11.7 Å². The molecule has 132 valence electrons. The third-order valence-corrected chi connectivity index (χ3v) is 5.28. The second kappa shape index (κ2) is 7.21. The SMILES string of the molecule is O=C(c1csc(-c2cccnc2)n1)N1CCN(c2ccccc2F)CC1. The molecular formula is C19H17FN4OS. The van der Waals surface area contributed by atoms with Gasteiger partial charge in [-0.3, -0.25) is 9.78 Å². The van der Waals surface area contributed by atoms with Crippen molar-refractivity contribution in [3.63, 3.8) is 0 Å². The standard InChI is InChI=1S/C19H17FN4OS/c20-15-5-1-2-6-17(15)23-8-10-24(11-9-23)19(25)16-13-26-18(22-16)14-4-3-7-21-12-14/h1-7,12-13H,8-11H2. The lowest BCUT2D eigenvalue weighted by Gasteiger charge is -2.35. The summed E-state index contributed by atoms with van der Waals surface area (Å²) >= 11 is 1.44. The average molecular weight is 368 g/mol. The lowest BCUT2D eigenvalue weighted by atomic mass is 10.2. The van der Waals surface area contributed by atoms with Crippen LogP contribution in [0.4, 0.5) is 10.1 Å². The number of piperazine rings is 1. The second-order valence-electron chi connectivity index (χ2n) is 6.01. The summed E-state index contributed by atoms with van der Waals surface area (Å²) in [5.41, 5.74) is 1.95. The van der Waals surface area contributed by atoms with Crippen LogP contribution in [0.2, 0.25) is 0 Å². The van der Waals surface area contributed by atoms with E-state index >= 15 is 0 Å². The van der Waals surface area contributed by atoms with Gasteiger partial charge in [-0.15, -0.1) is 11.3 Å². The molecule has 1 fully saturated rings. The number of hydrogen-bond donors (Lipinski definition) is 0. The number of amides is 1. The Morgan fingerprint density at radius 3 is 2.62 bits per heavy atom. The van der Waals surface area contributed by atoms with E-state index in [1.54, 1.807) is 34.8 Å². The number of thiazole rings is 1. The monoisotopic (exact) mass is 368 g/mol. The summed E-state index contributed by atoms with van der Waals surface area (Å²) in [5.74, 6) is -0.308. The van der Waals surface area contributed by atoms with Crippen molar-refractivity contribution in [3.8, 4) is 10.6 Å². The molecule has 5 nitrogen and oxygen atoms in total. The van der Waals surface area contributed by atoms with Crippen LogP contribution in [0.5, 0.6) is 0 Å². The van der Waals surface area contributed by atoms with Crippen molar-refractivity contribution in [2.45, 2.75) is 0 Å². The second-order valence-corrected chi connectivity index (χ2v) is 6.87. The normalized spacial score (nSPS) is 14.5. The molecule has 0 unspecified atom stereocenters. The van der Waals surface area contributed by atoms with Gasteiger partial charge in [-0.05, 0) is 24.3 Å². The molecule has 3 heterocycles. The number of anilines is 1. The van der Waals surface area contributed by atoms with Crippen molar-refractivity contribution in [1.29, 1.82) is 0 Å². The van der Waals surface area contributed by atoms with Crippen molar-refractivity contribution in [2.24, 2.45) is 0 Å². The molecule has 1 aliphatic heterocycles. The Hall–Kier alpha value is -2.80. The summed E-state index contributed by atoms with van der Waals surface area (Å²) in [5, 5.41) is 2.57. The zero-order valence-corrected chi connectivity index (χ0v) is 14.8. The van der Waals surface area contributed by atoms with Gasteiger partial charge in [0.15, 0.2) is 0 Å². The Morgan fingerprint density at radius 2 is 1.88 bits per heavy atom. The molecule has 3 aromatic rings. The van der Waals surface area contributed by atoms with Crippen molar-refractivity contribution >= 4 is 22.9 Å². The Bertz CT molecular complexity index is 907. The molecule has 0 radical (unpaired) electrons. The zero-order chi connectivity index (χ0) is 17.9. The van der Waals surface area contributed by atoms with Crippen LogP contribution in [0, 0.1) is 5.82 Å². The van der Waals surface area contributed by atoms with Crippen LogP contribution in [0.1, 0.15) is 10.5 Å². The highest BCUT2D eigenvalue weighted by Gasteiger charge is 2.25. The summed E-state index contributed by atoms with van der Waals surface area (Å²) in [6.07, 6.45) is 3.44. The van der Waals surface area contributed by atoms with E-state index < -0.39 is 0 Å². The summed E-state index contributed by atoms with van der Waals surface area (Å²) in [7, 11) is 0. The first-order valence-electron chi connectivity index (χ1n) is 8.37. The van der Waals surface area contributed by atoms with Gasteiger partial charge in [-0.1, -0.05) is 12.1 Å². The van der Waals surface area contributed by atoms with Crippen molar-refractivity contribution in [3.05, 3.63) is 65.7 Å². The maximum atomic E-state index is 13.9. The van der Waals surface area contributed by atoms with Gasteiger partial charge in [-0.25, -0.2) is 9.37 Å². The molecule has 0 saturated carbocycles. The van der Waals surface area contributed by atoms with E-state index in [4.69, 9.17) is 0 Å². The number of aromatic nitrogens is 2. The van der Waals surface area contributed by atoms with E-state index in [0.717, 1.165) is 10.6 Å². The maximum absolute atomic E-state index is 13.9. The Morgan fingerprint density at radius 1 is 1.08 bits per heavy atom. The molecular weight excluding hydrogens is 351 g/mol. The van der Waals surface area contributed by atoms with Gasteiger partial charge in [0.2, 0.25) is 0 Å². The molecule has 1 amide bonds. The first-order chi connectivity index (χ1) is 12.7. The summed E-state index contributed by atoms with van der Waals surface area (Å²) < 4.78 is 13.9. The fraction of sp³-hybridized carbons (Fsp3) is 0.211. The van der Waals surface area contributed by atoms with Crippen LogP contribution in [-0.2, 0) is 0 Å². The number of benzene rings is 1. The fourth-order valence-electron chi connectivity index (χ4n) is 3.01. The van der Waals surface area contributed by atoms with Crippen molar-refractivity contribution < 1.29 is 9.18 Å². The number of carbonyl (C=O) groups excluding carboxylic acids is 1. The number of carbonyl (C=O) groups is 1. The minimum atomic E-state index is -0.229. The summed E-state index contributed by atoms with van der Waals surface area (Å²) in [6.45, 7) is 2.30. The van der Waals surface area contributed by atoms with E-state index in [1.807, 2.05) is 23.1 Å². The lowest BCUT2D eigenvalue weighted by Crippen LogP contribution is -2.49. The molecule has 1 aliphatic rings. The maximum Gasteiger partial charge on any atom is 0.273 e. The van der Waals surface area contributed by atoms with Gasteiger partial charge in [0.1, 0.15) is 16.5 Å². The molecule has 0 atom stereocenters. The van der Waals surface area contributed by atoms with Gasteiger partial charge in [0.25, 0.3) is 5.91 Å². The van der Waals surface area contributed by atoms with Gasteiger partial charge >= 0.3 is 0 Å². The number of rotatable bonds is 3. The highest BCUT2D eigenvalue weighted by Crippen LogP contribution is 2.24. The van der Waals surface area contributed by atoms with E-state index in [9.17, 15) is 9.18 Å². The zero-order valence-electron chi connectivity index (χ0n) is 14.0.